The van der Waals surface area contributed by atoms with E-state index in [2.05, 4.69) is 112 Å². The fourth-order valence-corrected chi connectivity index (χ4v) is 7.33. The van der Waals surface area contributed by atoms with E-state index in [1.54, 1.807) is 0 Å². The molecule has 0 aromatic rings. The van der Waals surface area contributed by atoms with Gasteiger partial charge in [-0.1, -0.05) is 240 Å². The van der Waals surface area contributed by atoms with Gasteiger partial charge in [-0.3, -0.25) is 14.4 Å². The topological polar surface area (TPSA) is 78.9 Å². The molecule has 0 N–H and O–H groups in total. The monoisotopic (exact) mass is 917 g/mol. The van der Waals surface area contributed by atoms with Gasteiger partial charge in [0.2, 0.25) is 0 Å². The number of ether oxygens (including phenoxy) is 3. The maximum atomic E-state index is 12.8. The highest BCUT2D eigenvalue weighted by Gasteiger charge is 2.19. The average molecular weight is 917 g/mol. The Hall–Kier alpha value is -3.67. The minimum atomic E-state index is -0.811. The summed E-state index contributed by atoms with van der Waals surface area (Å²) in [6.07, 6.45) is 71.2. The maximum absolute atomic E-state index is 12.8. The molecule has 0 fully saturated rings. The SMILES string of the molecule is CC/C=C\C/C=C\C/C=C\C/C=C\CCCCCCCCC(=O)OCC(COC(=O)CC/C=C\C/C=C\C/C=C\C/C=C\CC)OC(=O)CCCCCCCCCCCCCCCCCC. The van der Waals surface area contributed by atoms with Crippen LogP contribution in [0.5, 0.6) is 0 Å². The molecule has 0 radical (unpaired) electrons. The van der Waals surface area contributed by atoms with E-state index in [-0.39, 0.29) is 37.5 Å². The number of esters is 3. The lowest BCUT2D eigenvalue weighted by Gasteiger charge is -2.18. The van der Waals surface area contributed by atoms with E-state index in [4.69, 9.17) is 14.2 Å². The van der Waals surface area contributed by atoms with Crippen LogP contribution in [0, 0.1) is 0 Å². The van der Waals surface area contributed by atoms with Crippen LogP contribution >= 0.6 is 0 Å². The minimum absolute atomic E-state index is 0.106. The largest absolute Gasteiger partial charge is 0.462 e. The third-order valence-electron chi connectivity index (χ3n) is 11.3. The Morgan fingerprint density at radius 1 is 0.318 bits per heavy atom. The summed E-state index contributed by atoms with van der Waals surface area (Å²) in [5.41, 5.74) is 0. The van der Waals surface area contributed by atoms with Gasteiger partial charge in [0.05, 0.1) is 0 Å². The van der Waals surface area contributed by atoms with Crippen LogP contribution in [-0.2, 0) is 28.6 Å². The minimum Gasteiger partial charge on any atom is -0.462 e. The summed E-state index contributed by atoms with van der Waals surface area (Å²) in [6.45, 7) is 6.34. The standard InChI is InChI=1S/C60H100O6/c1-4-7-10-13-16-19-22-25-27-29-30-31-33-35-38-41-44-47-50-53-59(62)65-56-57(55-64-58(61)52-49-46-43-40-37-34-24-21-18-15-12-9-6-3)66-60(63)54-51-48-45-42-39-36-32-28-26-23-20-17-14-11-8-5-2/h7,9-10,12,16,18-19,21,25,27,30-31,34,37,43,46,57H,4-6,8,11,13-15,17,20,22-24,26,28-29,32-33,35-36,38-42,44-45,47-56H2,1-3H3/b10-7-,12-9-,19-16-,21-18-,27-25-,31-30-,37-34-,46-43-. The molecule has 0 aromatic heterocycles. The van der Waals surface area contributed by atoms with E-state index in [0.29, 0.717) is 19.3 Å². The predicted octanol–water partition coefficient (Wildman–Crippen LogP) is 18.1. The first-order chi connectivity index (χ1) is 32.5. The molecule has 0 aromatic carbocycles. The van der Waals surface area contributed by atoms with Crippen LogP contribution in [0.15, 0.2) is 97.2 Å². The molecule has 0 spiro atoms. The molecule has 6 nitrogen and oxygen atoms in total. The van der Waals surface area contributed by atoms with Crippen molar-refractivity contribution < 1.29 is 28.6 Å². The molecular formula is C60H100O6. The van der Waals surface area contributed by atoms with Gasteiger partial charge >= 0.3 is 17.9 Å². The molecule has 0 saturated carbocycles. The van der Waals surface area contributed by atoms with Crippen molar-refractivity contribution in [3.05, 3.63) is 97.2 Å². The third-order valence-corrected chi connectivity index (χ3v) is 11.3. The normalized spacial score (nSPS) is 12.8. The van der Waals surface area contributed by atoms with Crippen molar-refractivity contribution >= 4 is 17.9 Å². The molecule has 66 heavy (non-hydrogen) atoms. The molecule has 0 saturated heterocycles. The first-order valence-corrected chi connectivity index (χ1v) is 27.2. The van der Waals surface area contributed by atoms with Gasteiger partial charge in [0.25, 0.3) is 0 Å². The molecular weight excluding hydrogens is 817 g/mol. The van der Waals surface area contributed by atoms with Crippen LogP contribution in [0.4, 0.5) is 0 Å². The second-order valence-electron chi connectivity index (χ2n) is 17.7. The lowest BCUT2D eigenvalue weighted by atomic mass is 10.0. The van der Waals surface area contributed by atoms with Crippen LogP contribution in [0.1, 0.15) is 245 Å². The Morgan fingerprint density at radius 2 is 0.621 bits per heavy atom. The highest BCUT2D eigenvalue weighted by molar-refractivity contribution is 5.71. The molecule has 0 aliphatic heterocycles. The van der Waals surface area contributed by atoms with Crippen LogP contribution in [-0.4, -0.2) is 37.2 Å². The lowest BCUT2D eigenvalue weighted by Crippen LogP contribution is -2.30. The second-order valence-corrected chi connectivity index (χ2v) is 17.7. The third kappa shape index (κ3) is 51.3. The van der Waals surface area contributed by atoms with Gasteiger partial charge in [-0.15, -0.1) is 0 Å². The van der Waals surface area contributed by atoms with E-state index in [1.807, 2.05) is 6.08 Å². The molecule has 0 bridgehead atoms. The van der Waals surface area contributed by atoms with Crippen molar-refractivity contribution in [3.63, 3.8) is 0 Å². The summed E-state index contributed by atoms with van der Waals surface area (Å²) in [7, 11) is 0. The first-order valence-electron chi connectivity index (χ1n) is 27.2. The molecule has 0 heterocycles. The van der Waals surface area contributed by atoms with Gasteiger partial charge in [-0.25, -0.2) is 0 Å². The van der Waals surface area contributed by atoms with Crippen LogP contribution in [0.2, 0.25) is 0 Å². The molecule has 376 valence electrons. The number of hydrogen-bond acceptors (Lipinski definition) is 6. The highest BCUT2D eigenvalue weighted by Crippen LogP contribution is 2.15. The Morgan fingerprint density at radius 3 is 1.02 bits per heavy atom. The summed E-state index contributed by atoms with van der Waals surface area (Å²) in [5.74, 6) is -1.00. The Kier molecular flexibility index (Phi) is 50.9. The van der Waals surface area contributed by atoms with Crippen LogP contribution < -0.4 is 0 Å². The van der Waals surface area contributed by atoms with E-state index in [9.17, 15) is 14.4 Å². The van der Waals surface area contributed by atoms with Crippen molar-refractivity contribution in [2.75, 3.05) is 13.2 Å². The van der Waals surface area contributed by atoms with Gasteiger partial charge in [-0.2, -0.15) is 0 Å². The van der Waals surface area contributed by atoms with E-state index >= 15 is 0 Å². The summed E-state index contributed by atoms with van der Waals surface area (Å²) in [5, 5.41) is 0. The zero-order chi connectivity index (χ0) is 47.9. The Labute approximate surface area is 407 Å². The van der Waals surface area contributed by atoms with Gasteiger partial charge < -0.3 is 14.2 Å². The van der Waals surface area contributed by atoms with Gasteiger partial charge in [-0.05, 0) is 83.5 Å². The summed E-state index contributed by atoms with van der Waals surface area (Å²) >= 11 is 0. The number of unbranched alkanes of at least 4 members (excludes halogenated alkanes) is 21. The van der Waals surface area contributed by atoms with E-state index in [0.717, 1.165) is 103 Å². The molecule has 0 aliphatic rings. The van der Waals surface area contributed by atoms with Gasteiger partial charge in [0, 0.05) is 19.3 Å². The zero-order valence-electron chi connectivity index (χ0n) is 42.9. The van der Waals surface area contributed by atoms with Crippen molar-refractivity contribution in [1.82, 2.24) is 0 Å². The number of hydrogen-bond donors (Lipinski definition) is 0. The fraction of sp³-hybridized carbons (Fsp3) is 0.683. The number of rotatable bonds is 48. The van der Waals surface area contributed by atoms with Crippen LogP contribution in [0.3, 0.4) is 0 Å². The Balaban J connectivity index is 4.46. The maximum Gasteiger partial charge on any atom is 0.306 e. The van der Waals surface area contributed by atoms with Crippen molar-refractivity contribution in [1.29, 1.82) is 0 Å². The summed E-state index contributed by atoms with van der Waals surface area (Å²) < 4.78 is 16.8. The zero-order valence-corrected chi connectivity index (χ0v) is 42.9. The molecule has 6 heteroatoms. The number of allylic oxidation sites excluding steroid dienone is 16. The summed E-state index contributed by atoms with van der Waals surface area (Å²) in [4.78, 5) is 38.0. The van der Waals surface area contributed by atoms with Crippen molar-refractivity contribution in [2.24, 2.45) is 0 Å². The average Bonchev–Trinajstić information content (AvgIpc) is 3.31. The Bertz CT molecular complexity index is 1330. The highest BCUT2D eigenvalue weighted by atomic mass is 16.6. The van der Waals surface area contributed by atoms with Crippen LogP contribution in [0.25, 0.3) is 0 Å². The molecule has 1 atom stereocenters. The lowest BCUT2D eigenvalue weighted by molar-refractivity contribution is -0.166. The first kappa shape index (κ1) is 62.3. The summed E-state index contributed by atoms with van der Waals surface area (Å²) in [6, 6.07) is 0. The molecule has 0 rings (SSSR count). The molecule has 1 unspecified atom stereocenters. The molecule has 0 aliphatic carbocycles. The second kappa shape index (κ2) is 53.9. The quantitative estimate of drug-likeness (QED) is 0.0262. The van der Waals surface area contributed by atoms with Crippen molar-refractivity contribution in [3.8, 4) is 0 Å². The van der Waals surface area contributed by atoms with Gasteiger partial charge in [0.1, 0.15) is 13.2 Å². The number of carbonyl (C=O) groups excluding carboxylic acids is 3. The molecule has 0 amide bonds. The number of carbonyl (C=O) groups is 3. The van der Waals surface area contributed by atoms with E-state index < -0.39 is 6.10 Å². The predicted molar refractivity (Wildman–Crippen MR) is 284 cm³/mol. The van der Waals surface area contributed by atoms with E-state index in [1.165, 1.54) is 96.3 Å². The van der Waals surface area contributed by atoms with Gasteiger partial charge in [0.15, 0.2) is 6.10 Å². The van der Waals surface area contributed by atoms with Crippen molar-refractivity contribution in [2.45, 2.75) is 252 Å². The fourth-order valence-electron chi connectivity index (χ4n) is 7.33. The smallest absolute Gasteiger partial charge is 0.306 e.